The number of nitrogen functional groups attached to an aromatic ring is 1. The van der Waals surface area contributed by atoms with Gasteiger partial charge in [0.05, 0.1) is 0 Å². The summed E-state index contributed by atoms with van der Waals surface area (Å²) in [6, 6.07) is 5.51. The van der Waals surface area contributed by atoms with Crippen molar-refractivity contribution in [3.8, 4) is 0 Å². The van der Waals surface area contributed by atoms with Gasteiger partial charge in [0.25, 0.3) is 0 Å². The van der Waals surface area contributed by atoms with Crippen molar-refractivity contribution in [2.24, 2.45) is 5.84 Å². The average Bonchev–Trinajstić information content (AvgIpc) is 2.71. The summed E-state index contributed by atoms with van der Waals surface area (Å²) in [6.07, 6.45) is 5.68. The number of nitrogens with two attached hydrogens (primary N) is 1. The van der Waals surface area contributed by atoms with Gasteiger partial charge in [0, 0.05) is 24.8 Å². The van der Waals surface area contributed by atoms with E-state index in [9.17, 15) is 0 Å². The van der Waals surface area contributed by atoms with Crippen LogP contribution in [-0.4, -0.2) is 22.0 Å². The molecule has 1 fully saturated rings. The van der Waals surface area contributed by atoms with Crippen LogP contribution in [0.15, 0.2) is 18.3 Å². The summed E-state index contributed by atoms with van der Waals surface area (Å²) in [7, 11) is 0. The van der Waals surface area contributed by atoms with Crippen molar-refractivity contribution >= 4 is 5.82 Å². The fraction of sp³-hybridized carbons (Fsp3) is 0.615. The fourth-order valence-corrected chi connectivity index (χ4v) is 2.71. The van der Waals surface area contributed by atoms with Gasteiger partial charge in [-0.2, -0.15) is 0 Å². The maximum absolute atomic E-state index is 5.38. The van der Waals surface area contributed by atoms with Gasteiger partial charge in [-0.25, -0.2) is 10.8 Å². The highest BCUT2D eigenvalue weighted by Gasteiger charge is 2.28. The van der Waals surface area contributed by atoms with Crippen LogP contribution < -0.4 is 11.3 Å². The first-order valence-corrected chi connectivity index (χ1v) is 6.42. The normalized spacial score (nSPS) is 25.1. The molecule has 2 heterocycles. The maximum Gasteiger partial charge on any atom is 0.140 e. The summed E-state index contributed by atoms with van der Waals surface area (Å²) < 4.78 is 0. The smallest absolute Gasteiger partial charge is 0.140 e. The zero-order chi connectivity index (χ0) is 12.3. The second-order valence-corrected chi connectivity index (χ2v) is 4.85. The molecule has 2 atom stereocenters. The van der Waals surface area contributed by atoms with Crippen LogP contribution >= 0.6 is 0 Å². The lowest BCUT2D eigenvalue weighted by Crippen LogP contribution is -2.33. The van der Waals surface area contributed by atoms with E-state index in [0.29, 0.717) is 6.04 Å². The lowest BCUT2D eigenvalue weighted by molar-refractivity contribution is 0.189. The number of hydrazine groups is 1. The SMILES string of the molecule is CCC1CCC(C)N1Cc1ccnc(NN)c1. The Bertz CT molecular complexity index is 366. The van der Waals surface area contributed by atoms with Gasteiger partial charge in [-0.15, -0.1) is 0 Å². The molecule has 4 nitrogen and oxygen atoms in total. The quantitative estimate of drug-likeness (QED) is 0.619. The third-order valence-corrected chi connectivity index (χ3v) is 3.76. The minimum atomic E-state index is 0.683. The molecular weight excluding hydrogens is 212 g/mol. The van der Waals surface area contributed by atoms with Crippen LogP contribution in [0, 0.1) is 0 Å². The van der Waals surface area contributed by atoms with E-state index >= 15 is 0 Å². The number of nitrogens with one attached hydrogen (secondary N) is 1. The highest BCUT2D eigenvalue weighted by atomic mass is 15.2. The maximum atomic E-state index is 5.38. The summed E-state index contributed by atoms with van der Waals surface area (Å²) in [6.45, 7) is 5.59. The van der Waals surface area contributed by atoms with Crippen LogP contribution in [0.25, 0.3) is 0 Å². The lowest BCUT2D eigenvalue weighted by Gasteiger charge is -2.27. The second-order valence-electron chi connectivity index (χ2n) is 4.85. The molecule has 1 aliphatic heterocycles. The second kappa shape index (κ2) is 5.47. The Kier molecular flexibility index (Phi) is 3.97. The van der Waals surface area contributed by atoms with E-state index in [0.717, 1.165) is 18.4 Å². The monoisotopic (exact) mass is 234 g/mol. The summed E-state index contributed by atoms with van der Waals surface area (Å²) in [5.74, 6) is 6.12. The molecule has 0 radical (unpaired) electrons. The van der Waals surface area contributed by atoms with Gasteiger partial charge in [-0.3, -0.25) is 4.90 Å². The van der Waals surface area contributed by atoms with E-state index < -0.39 is 0 Å². The van der Waals surface area contributed by atoms with Gasteiger partial charge < -0.3 is 5.43 Å². The summed E-state index contributed by atoms with van der Waals surface area (Å²) in [5, 5.41) is 0. The van der Waals surface area contributed by atoms with Gasteiger partial charge in [0.1, 0.15) is 5.82 Å². The van der Waals surface area contributed by atoms with Crippen LogP contribution in [0.4, 0.5) is 5.82 Å². The predicted molar refractivity (Wildman–Crippen MR) is 70.4 cm³/mol. The van der Waals surface area contributed by atoms with Crippen molar-refractivity contribution < 1.29 is 0 Å². The van der Waals surface area contributed by atoms with Gasteiger partial charge in [0.15, 0.2) is 0 Å². The third-order valence-electron chi connectivity index (χ3n) is 3.76. The topological polar surface area (TPSA) is 54.2 Å². The summed E-state index contributed by atoms with van der Waals surface area (Å²) in [5.41, 5.74) is 3.88. The molecule has 2 rings (SSSR count). The lowest BCUT2D eigenvalue weighted by atomic mass is 10.1. The van der Waals surface area contributed by atoms with E-state index in [1.807, 2.05) is 12.3 Å². The third kappa shape index (κ3) is 2.76. The number of likely N-dealkylation sites (tertiary alicyclic amines) is 1. The minimum absolute atomic E-state index is 0.683. The number of nitrogens with zero attached hydrogens (tertiary/aromatic N) is 2. The molecule has 94 valence electrons. The minimum Gasteiger partial charge on any atom is -0.308 e. The van der Waals surface area contributed by atoms with Crippen LogP contribution in [0.3, 0.4) is 0 Å². The number of rotatable bonds is 4. The Labute approximate surface area is 103 Å². The first-order valence-electron chi connectivity index (χ1n) is 6.42. The van der Waals surface area contributed by atoms with Crippen molar-refractivity contribution in [2.45, 2.75) is 51.7 Å². The van der Waals surface area contributed by atoms with Crippen LogP contribution in [0.1, 0.15) is 38.7 Å². The largest absolute Gasteiger partial charge is 0.308 e. The van der Waals surface area contributed by atoms with E-state index in [1.165, 1.54) is 24.8 Å². The van der Waals surface area contributed by atoms with E-state index in [4.69, 9.17) is 5.84 Å². The first kappa shape index (κ1) is 12.3. The Morgan fingerprint density at radius 2 is 2.35 bits per heavy atom. The molecule has 17 heavy (non-hydrogen) atoms. The van der Waals surface area contributed by atoms with Crippen LogP contribution in [0.5, 0.6) is 0 Å². The molecule has 0 aromatic carbocycles. The number of pyridine rings is 1. The zero-order valence-corrected chi connectivity index (χ0v) is 10.7. The number of aromatic nitrogens is 1. The summed E-state index contributed by atoms with van der Waals surface area (Å²) in [4.78, 5) is 6.73. The Hall–Kier alpha value is -1.13. The van der Waals surface area contributed by atoms with Gasteiger partial charge in [-0.1, -0.05) is 6.92 Å². The van der Waals surface area contributed by atoms with Crippen LogP contribution in [-0.2, 0) is 6.54 Å². The van der Waals surface area contributed by atoms with Crippen molar-refractivity contribution in [3.63, 3.8) is 0 Å². The molecule has 3 N–H and O–H groups in total. The standard InChI is InChI=1S/C13H22N4/c1-3-12-5-4-10(2)17(12)9-11-6-7-15-13(8-11)16-14/h6-8,10,12H,3-5,9,14H2,1-2H3,(H,15,16). The van der Waals surface area contributed by atoms with E-state index in [2.05, 4.69) is 35.2 Å². The Morgan fingerprint density at radius 3 is 3.06 bits per heavy atom. The molecule has 0 bridgehead atoms. The molecule has 0 aliphatic carbocycles. The Morgan fingerprint density at radius 1 is 1.53 bits per heavy atom. The number of anilines is 1. The molecule has 1 aliphatic rings. The molecule has 2 unspecified atom stereocenters. The van der Waals surface area contributed by atoms with Gasteiger partial charge >= 0.3 is 0 Å². The molecule has 1 aromatic rings. The Balaban J connectivity index is 2.08. The van der Waals surface area contributed by atoms with E-state index in [1.54, 1.807) is 0 Å². The number of hydrogen-bond acceptors (Lipinski definition) is 4. The fourth-order valence-electron chi connectivity index (χ4n) is 2.71. The molecule has 1 aromatic heterocycles. The first-order chi connectivity index (χ1) is 8.24. The zero-order valence-electron chi connectivity index (χ0n) is 10.7. The van der Waals surface area contributed by atoms with Crippen molar-refractivity contribution in [3.05, 3.63) is 23.9 Å². The highest BCUT2D eigenvalue weighted by Crippen LogP contribution is 2.27. The number of hydrogen-bond donors (Lipinski definition) is 2. The summed E-state index contributed by atoms with van der Waals surface area (Å²) >= 11 is 0. The van der Waals surface area contributed by atoms with E-state index in [-0.39, 0.29) is 0 Å². The highest BCUT2D eigenvalue weighted by molar-refractivity contribution is 5.35. The average molecular weight is 234 g/mol. The van der Waals surface area contributed by atoms with Gasteiger partial charge in [0.2, 0.25) is 0 Å². The molecule has 0 spiro atoms. The predicted octanol–water partition coefficient (Wildman–Crippen LogP) is 2.13. The van der Waals surface area contributed by atoms with Crippen molar-refractivity contribution in [2.75, 3.05) is 5.43 Å². The van der Waals surface area contributed by atoms with Gasteiger partial charge in [-0.05, 0) is 43.9 Å². The molecule has 0 saturated carbocycles. The molecular formula is C13H22N4. The molecule has 0 amide bonds. The van der Waals surface area contributed by atoms with Crippen LogP contribution in [0.2, 0.25) is 0 Å². The molecule has 4 heteroatoms. The molecule has 1 saturated heterocycles. The van der Waals surface area contributed by atoms with Crippen molar-refractivity contribution in [1.82, 2.24) is 9.88 Å². The van der Waals surface area contributed by atoms with Crippen molar-refractivity contribution in [1.29, 1.82) is 0 Å².